The first-order valence-corrected chi connectivity index (χ1v) is 8.19. The van der Waals surface area contributed by atoms with Crippen molar-refractivity contribution in [2.45, 2.75) is 44.6 Å². The van der Waals surface area contributed by atoms with E-state index in [4.69, 9.17) is 4.74 Å². The maximum absolute atomic E-state index is 5.11. The molecule has 1 aromatic rings. The molecular weight excluding hydrogens is 264 g/mol. The lowest BCUT2D eigenvalue weighted by Crippen LogP contribution is -2.47. The van der Waals surface area contributed by atoms with Gasteiger partial charge in [-0.25, -0.2) is 9.97 Å². The zero-order valence-electron chi connectivity index (χ0n) is 13.0. The molecule has 21 heavy (non-hydrogen) atoms. The van der Waals surface area contributed by atoms with Crippen molar-refractivity contribution in [1.29, 1.82) is 0 Å². The Morgan fingerprint density at radius 2 is 2.24 bits per heavy atom. The van der Waals surface area contributed by atoms with Gasteiger partial charge in [0.05, 0.1) is 6.61 Å². The number of rotatable bonds is 6. The minimum atomic E-state index is 0.551. The summed E-state index contributed by atoms with van der Waals surface area (Å²) < 4.78 is 5.11. The van der Waals surface area contributed by atoms with Gasteiger partial charge >= 0.3 is 0 Å². The monoisotopic (exact) mass is 290 g/mol. The quantitative estimate of drug-likeness (QED) is 0.806. The lowest BCUT2D eigenvalue weighted by molar-refractivity contribution is 0.198. The second-order valence-electron chi connectivity index (χ2n) is 6.02. The first-order chi connectivity index (χ1) is 10.4. The summed E-state index contributed by atoms with van der Waals surface area (Å²) in [6.45, 7) is 3.83. The van der Waals surface area contributed by atoms with Crippen LogP contribution in [0.2, 0.25) is 0 Å². The van der Waals surface area contributed by atoms with Gasteiger partial charge in [-0.3, -0.25) is 0 Å². The van der Waals surface area contributed by atoms with E-state index in [1.165, 1.54) is 42.8 Å². The molecule has 5 nitrogen and oxygen atoms in total. The molecule has 1 fully saturated rings. The number of hydrogen-bond donors (Lipinski definition) is 1. The van der Waals surface area contributed by atoms with Crippen molar-refractivity contribution in [3.8, 4) is 0 Å². The van der Waals surface area contributed by atoms with E-state index in [0.29, 0.717) is 6.04 Å². The van der Waals surface area contributed by atoms with Crippen LogP contribution in [-0.2, 0) is 17.6 Å². The number of nitrogens with zero attached hydrogens (tertiary/aromatic N) is 3. The molecule has 0 amide bonds. The van der Waals surface area contributed by atoms with Crippen molar-refractivity contribution in [2.75, 3.05) is 38.3 Å². The molecule has 0 bridgehead atoms. The maximum Gasteiger partial charge on any atom is 0.135 e. The molecule has 0 aromatic carbocycles. The Morgan fingerprint density at radius 3 is 3.14 bits per heavy atom. The molecular formula is C16H26N4O. The lowest BCUT2D eigenvalue weighted by atomic mass is 10.0. The molecule has 1 aliphatic carbocycles. The highest BCUT2D eigenvalue weighted by atomic mass is 16.5. The second kappa shape index (κ2) is 7.18. The highest BCUT2D eigenvalue weighted by Gasteiger charge is 2.27. The third-order valence-electron chi connectivity index (χ3n) is 4.61. The smallest absolute Gasteiger partial charge is 0.135 e. The summed E-state index contributed by atoms with van der Waals surface area (Å²) in [7, 11) is 1.75. The molecule has 0 radical (unpaired) electrons. The predicted molar refractivity (Wildman–Crippen MR) is 83.8 cm³/mol. The summed E-state index contributed by atoms with van der Waals surface area (Å²) in [4.78, 5) is 11.6. The maximum atomic E-state index is 5.11. The van der Waals surface area contributed by atoms with E-state index >= 15 is 0 Å². The molecule has 116 valence electrons. The van der Waals surface area contributed by atoms with Crippen LogP contribution in [0, 0.1) is 0 Å². The molecule has 0 saturated carbocycles. The number of methoxy groups -OCH3 is 1. The fraction of sp³-hybridized carbons (Fsp3) is 0.750. The average molecular weight is 290 g/mol. The number of nitrogens with one attached hydrogen (secondary N) is 1. The molecule has 1 unspecified atom stereocenters. The molecule has 0 spiro atoms. The van der Waals surface area contributed by atoms with Crippen molar-refractivity contribution in [3.05, 3.63) is 17.6 Å². The van der Waals surface area contributed by atoms with Gasteiger partial charge in [0.2, 0.25) is 0 Å². The van der Waals surface area contributed by atoms with Gasteiger partial charge in [0.15, 0.2) is 0 Å². The zero-order valence-corrected chi connectivity index (χ0v) is 13.0. The molecule has 1 aliphatic heterocycles. The standard InChI is InChI=1S/C16H26N4O/c1-21-10-8-17-11-13-5-2-3-9-20(13)16-14-6-4-7-15(14)18-12-19-16/h12-13,17H,2-11H2,1H3. The first-order valence-electron chi connectivity index (χ1n) is 8.19. The van der Waals surface area contributed by atoms with Gasteiger partial charge in [0.25, 0.3) is 0 Å². The van der Waals surface area contributed by atoms with Crippen LogP contribution in [0.3, 0.4) is 0 Å². The van der Waals surface area contributed by atoms with Gasteiger partial charge in [-0.15, -0.1) is 0 Å². The predicted octanol–water partition coefficient (Wildman–Crippen LogP) is 1.56. The van der Waals surface area contributed by atoms with Gasteiger partial charge in [0, 0.05) is 44.0 Å². The SMILES string of the molecule is COCCNCC1CCCCN1c1ncnc2c1CCC2. The van der Waals surface area contributed by atoms with E-state index in [2.05, 4.69) is 20.2 Å². The summed E-state index contributed by atoms with van der Waals surface area (Å²) in [5.74, 6) is 1.20. The number of aromatic nitrogens is 2. The number of piperidine rings is 1. The van der Waals surface area contributed by atoms with Crippen LogP contribution in [0.1, 0.15) is 36.9 Å². The van der Waals surface area contributed by atoms with Crippen LogP contribution in [0.15, 0.2) is 6.33 Å². The first kappa shape index (κ1) is 14.7. The minimum absolute atomic E-state index is 0.551. The van der Waals surface area contributed by atoms with Crippen molar-refractivity contribution in [2.24, 2.45) is 0 Å². The minimum Gasteiger partial charge on any atom is -0.383 e. The van der Waals surface area contributed by atoms with Gasteiger partial charge in [-0.2, -0.15) is 0 Å². The Bertz CT molecular complexity index is 466. The van der Waals surface area contributed by atoms with E-state index < -0.39 is 0 Å². The number of fused-ring (bicyclic) bond motifs is 1. The number of anilines is 1. The Balaban J connectivity index is 1.71. The Labute approximate surface area is 127 Å². The number of ether oxygens (including phenoxy) is 1. The summed E-state index contributed by atoms with van der Waals surface area (Å²) in [6.07, 6.45) is 9.09. The molecule has 1 N–H and O–H groups in total. The summed E-state index contributed by atoms with van der Waals surface area (Å²) in [5.41, 5.74) is 2.68. The molecule has 5 heteroatoms. The average Bonchev–Trinajstić information content (AvgIpc) is 3.00. The number of hydrogen-bond acceptors (Lipinski definition) is 5. The van der Waals surface area contributed by atoms with Crippen molar-refractivity contribution in [1.82, 2.24) is 15.3 Å². The molecule has 3 rings (SSSR count). The van der Waals surface area contributed by atoms with Crippen LogP contribution in [0.25, 0.3) is 0 Å². The van der Waals surface area contributed by atoms with Gasteiger partial charge < -0.3 is 15.0 Å². The normalized spacial score (nSPS) is 21.6. The van der Waals surface area contributed by atoms with E-state index in [9.17, 15) is 0 Å². The van der Waals surface area contributed by atoms with Crippen LogP contribution in [0.4, 0.5) is 5.82 Å². The topological polar surface area (TPSA) is 50.3 Å². The van der Waals surface area contributed by atoms with Crippen LogP contribution < -0.4 is 10.2 Å². The van der Waals surface area contributed by atoms with Gasteiger partial charge in [0.1, 0.15) is 12.1 Å². The summed E-state index contributed by atoms with van der Waals surface area (Å²) in [6, 6.07) is 0.551. The second-order valence-corrected chi connectivity index (χ2v) is 6.02. The Hall–Kier alpha value is -1.20. The van der Waals surface area contributed by atoms with Crippen molar-refractivity contribution < 1.29 is 4.74 Å². The van der Waals surface area contributed by atoms with Gasteiger partial charge in [-0.1, -0.05) is 0 Å². The van der Waals surface area contributed by atoms with E-state index in [1.807, 2.05) is 0 Å². The molecule has 1 atom stereocenters. The third kappa shape index (κ3) is 3.35. The summed E-state index contributed by atoms with van der Waals surface area (Å²) >= 11 is 0. The molecule has 1 aromatic heterocycles. The molecule has 2 aliphatic rings. The Kier molecular flexibility index (Phi) is 5.04. The van der Waals surface area contributed by atoms with E-state index in [1.54, 1.807) is 13.4 Å². The highest BCUT2D eigenvalue weighted by Crippen LogP contribution is 2.31. The van der Waals surface area contributed by atoms with Crippen molar-refractivity contribution >= 4 is 5.82 Å². The number of aryl methyl sites for hydroxylation is 1. The van der Waals surface area contributed by atoms with Crippen LogP contribution >= 0.6 is 0 Å². The van der Waals surface area contributed by atoms with Crippen molar-refractivity contribution in [3.63, 3.8) is 0 Å². The van der Waals surface area contributed by atoms with Crippen LogP contribution in [0.5, 0.6) is 0 Å². The summed E-state index contributed by atoms with van der Waals surface area (Å²) in [5, 5.41) is 3.51. The fourth-order valence-electron chi connectivity index (χ4n) is 3.52. The van der Waals surface area contributed by atoms with E-state index in [-0.39, 0.29) is 0 Å². The third-order valence-corrected chi connectivity index (χ3v) is 4.61. The van der Waals surface area contributed by atoms with Crippen LogP contribution in [-0.4, -0.2) is 49.4 Å². The van der Waals surface area contributed by atoms with E-state index in [0.717, 1.165) is 39.1 Å². The fourth-order valence-corrected chi connectivity index (χ4v) is 3.52. The largest absolute Gasteiger partial charge is 0.383 e. The Morgan fingerprint density at radius 1 is 1.29 bits per heavy atom. The lowest BCUT2D eigenvalue weighted by Gasteiger charge is -2.37. The zero-order chi connectivity index (χ0) is 14.5. The molecule has 1 saturated heterocycles. The molecule has 2 heterocycles. The highest BCUT2D eigenvalue weighted by molar-refractivity contribution is 5.51. The van der Waals surface area contributed by atoms with Gasteiger partial charge in [-0.05, 0) is 38.5 Å².